The Kier molecular flexibility index (Phi) is 10.3. The minimum Gasteiger partial charge on any atom is -0.383 e. The number of hydrogen-bond acceptors (Lipinski definition) is 4. The van der Waals surface area contributed by atoms with Crippen LogP contribution < -0.4 is 5.32 Å². The van der Waals surface area contributed by atoms with Gasteiger partial charge in [-0.15, -0.1) is 0 Å². The molecule has 0 saturated heterocycles. The predicted molar refractivity (Wildman–Crippen MR) is 160 cm³/mol. The first-order chi connectivity index (χ1) is 17.8. The first-order valence-electron chi connectivity index (χ1n) is 13.7. The van der Waals surface area contributed by atoms with E-state index in [4.69, 9.17) is 0 Å². The van der Waals surface area contributed by atoms with Gasteiger partial charge in [-0.25, -0.2) is 0 Å². The van der Waals surface area contributed by atoms with Crippen molar-refractivity contribution in [3.63, 3.8) is 0 Å². The Morgan fingerprint density at radius 2 is 1.95 bits per heavy atom. The smallest absolute Gasteiger partial charge is 0.130 e. The van der Waals surface area contributed by atoms with Crippen LogP contribution in [0.3, 0.4) is 0 Å². The second kappa shape index (κ2) is 13.4. The number of carbonyl (C=O) groups excluding carboxylic acids is 1. The summed E-state index contributed by atoms with van der Waals surface area (Å²) >= 11 is 0. The molecular formula is C33H45N3O. The minimum atomic E-state index is 0.142. The number of ketones is 1. The van der Waals surface area contributed by atoms with Gasteiger partial charge in [0, 0.05) is 45.7 Å². The lowest BCUT2D eigenvalue weighted by atomic mass is 9.67. The fourth-order valence-electron chi connectivity index (χ4n) is 5.95. The van der Waals surface area contributed by atoms with Crippen molar-refractivity contribution < 1.29 is 4.79 Å². The van der Waals surface area contributed by atoms with E-state index in [1.807, 2.05) is 38.3 Å². The third-order valence-electron chi connectivity index (χ3n) is 7.67. The van der Waals surface area contributed by atoms with Crippen molar-refractivity contribution in [2.45, 2.75) is 71.3 Å². The van der Waals surface area contributed by atoms with E-state index in [9.17, 15) is 4.79 Å². The van der Waals surface area contributed by atoms with Crippen molar-refractivity contribution in [1.82, 2.24) is 10.2 Å². The van der Waals surface area contributed by atoms with Crippen LogP contribution in [0.2, 0.25) is 0 Å². The van der Waals surface area contributed by atoms with E-state index in [-0.39, 0.29) is 11.5 Å². The number of dihydropyridines is 1. The molecule has 3 rings (SSSR count). The van der Waals surface area contributed by atoms with E-state index in [0.717, 1.165) is 40.8 Å². The van der Waals surface area contributed by atoms with Crippen LogP contribution in [0.4, 0.5) is 0 Å². The SMILES string of the molecule is C=C/C(=C\N(C)C)c1cccc(C2=CC=C(/C(C=NC)=C/C)C(CCC3(CC(C)=O)CCCCC3)N2)c1. The van der Waals surface area contributed by atoms with E-state index in [0.29, 0.717) is 12.2 Å². The third-order valence-corrected chi connectivity index (χ3v) is 7.67. The average molecular weight is 500 g/mol. The van der Waals surface area contributed by atoms with Crippen molar-refractivity contribution in [3.8, 4) is 0 Å². The van der Waals surface area contributed by atoms with Crippen molar-refractivity contribution in [2.24, 2.45) is 10.4 Å². The van der Waals surface area contributed by atoms with Crippen LogP contribution in [0.15, 0.2) is 77.5 Å². The first kappa shape index (κ1) is 28.4. The molecule has 1 fully saturated rings. The van der Waals surface area contributed by atoms with Gasteiger partial charge in [0.1, 0.15) is 5.78 Å². The zero-order valence-corrected chi connectivity index (χ0v) is 23.5. The molecule has 0 bridgehead atoms. The van der Waals surface area contributed by atoms with Gasteiger partial charge in [-0.2, -0.15) is 0 Å². The molecule has 1 saturated carbocycles. The Morgan fingerprint density at radius 1 is 1.19 bits per heavy atom. The highest BCUT2D eigenvalue weighted by atomic mass is 16.1. The van der Waals surface area contributed by atoms with E-state index in [1.165, 1.54) is 37.7 Å². The van der Waals surface area contributed by atoms with Crippen LogP contribution in [0.25, 0.3) is 11.3 Å². The average Bonchev–Trinajstić information content (AvgIpc) is 2.89. The lowest BCUT2D eigenvalue weighted by Crippen LogP contribution is -2.36. The molecule has 0 spiro atoms. The summed E-state index contributed by atoms with van der Waals surface area (Å²) in [6.45, 7) is 7.85. The standard InChI is InChI=1S/C33H45N3O/c1-7-26(23-34-4)30-15-16-31(29-14-12-13-28(21-29)27(8-2)24-36(5)6)35-32(30)17-20-33(22-25(3)37)18-10-9-11-19-33/h7-8,12-16,21,23-24,32,35H,2,9-11,17-20,22H2,1,3-6H3/b26-7+,27-24+,34-23?. The van der Waals surface area contributed by atoms with E-state index < -0.39 is 0 Å². The highest BCUT2D eigenvalue weighted by Crippen LogP contribution is 2.44. The first-order valence-corrected chi connectivity index (χ1v) is 13.7. The Hall–Kier alpha value is -3.14. The quantitative estimate of drug-likeness (QED) is 0.255. The number of hydrogen-bond donors (Lipinski definition) is 1. The summed E-state index contributed by atoms with van der Waals surface area (Å²) in [6, 6.07) is 8.80. The van der Waals surface area contributed by atoms with Crippen LogP contribution in [0, 0.1) is 5.41 Å². The van der Waals surface area contributed by atoms with Gasteiger partial charge in [-0.05, 0) is 84.9 Å². The molecule has 0 amide bonds. The third kappa shape index (κ3) is 7.67. The second-order valence-electron chi connectivity index (χ2n) is 10.8. The number of allylic oxidation sites excluding steroid dienone is 5. The lowest BCUT2D eigenvalue weighted by Gasteiger charge is -2.39. The molecule has 0 radical (unpaired) electrons. The Balaban J connectivity index is 1.93. The summed E-state index contributed by atoms with van der Waals surface area (Å²) in [7, 11) is 5.88. The number of carbonyl (C=O) groups is 1. The number of nitrogens with zero attached hydrogens (tertiary/aromatic N) is 2. The molecule has 4 heteroatoms. The molecule has 1 heterocycles. The van der Waals surface area contributed by atoms with Gasteiger partial charge in [0.15, 0.2) is 0 Å². The van der Waals surface area contributed by atoms with Crippen molar-refractivity contribution in [1.29, 1.82) is 0 Å². The number of Topliss-reactive ketones (excluding diaryl/α,β-unsaturated/α-hetero) is 1. The van der Waals surface area contributed by atoms with Crippen LogP contribution >= 0.6 is 0 Å². The van der Waals surface area contributed by atoms with E-state index >= 15 is 0 Å². The van der Waals surface area contributed by atoms with Crippen LogP contribution in [0.1, 0.15) is 76.3 Å². The number of aliphatic imine (C=N–C) groups is 1. The molecule has 1 aromatic rings. The summed E-state index contributed by atoms with van der Waals surface area (Å²) in [4.78, 5) is 18.6. The molecule has 4 nitrogen and oxygen atoms in total. The Bertz CT molecular complexity index is 1110. The van der Waals surface area contributed by atoms with Gasteiger partial charge >= 0.3 is 0 Å². The summed E-state index contributed by atoms with van der Waals surface area (Å²) < 4.78 is 0. The van der Waals surface area contributed by atoms with E-state index in [1.54, 1.807) is 6.92 Å². The van der Waals surface area contributed by atoms with Crippen molar-refractivity contribution in [2.75, 3.05) is 21.1 Å². The minimum absolute atomic E-state index is 0.142. The second-order valence-corrected chi connectivity index (χ2v) is 10.8. The maximum absolute atomic E-state index is 12.2. The molecule has 0 aromatic heterocycles. The number of nitrogens with one attached hydrogen (secondary N) is 1. The summed E-state index contributed by atoms with van der Waals surface area (Å²) in [6.07, 6.45) is 21.4. The Labute approximate surface area is 224 Å². The maximum atomic E-state index is 12.2. The van der Waals surface area contributed by atoms with Crippen LogP contribution in [0.5, 0.6) is 0 Å². The predicted octanol–water partition coefficient (Wildman–Crippen LogP) is 7.37. The van der Waals surface area contributed by atoms with Gasteiger partial charge in [-0.1, -0.05) is 62.3 Å². The molecule has 1 unspecified atom stereocenters. The monoisotopic (exact) mass is 499 g/mol. The topological polar surface area (TPSA) is 44.7 Å². The van der Waals surface area contributed by atoms with Gasteiger partial charge < -0.3 is 15.0 Å². The fraction of sp³-hybridized carbons (Fsp3) is 0.455. The molecule has 198 valence electrons. The zero-order valence-electron chi connectivity index (χ0n) is 23.5. The van der Waals surface area contributed by atoms with Gasteiger partial charge in [0.2, 0.25) is 0 Å². The fourth-order valence-corrected chi connectivity index (χ4v) is 5.95. The number of benzene rings is 1. The molecule has 1 aliphatic carbocycles. The lowest BCUT2D eigenvalue weighted by molar-refractivity contribution is -0.120. The molecule has 1 aromatic carbocycles. The summed E-state index contributed by atoms with van der Waals surface area (Å²) in [5.74, 6) is 0.322. The molecular weight excluding hydrogens is 454 g/mol. The number of rotatable bonds is 11. The highest BCUT2D eigenvalue weighted by molar-refractivity contribution is 5.86. The van der Waals surface area contributed by atoms with Crippen molar-refractivity contribution in [3.05, 3.63) is 83.6 Å². The maximum Gasteiger partial charge on any atom is 0.130 e. The normalized spacial score (nSPS) is 20.2. The molecule has 1 atom stereocenters. The molecule has 2 aliphatic rings. The van der Waals surface area contributed by atoms with E-state index in [2.05, 4.69) is 72.5 Å². The largest absolute Gasteiger partial charge is 0.383 e. The molecule has 1 N–H and O–H groups in total. The highest BCUT2D eigenvalue weighted by Gasteiger charge is 2.34. The van der Waals surface area contributed by atoms with Crippen molar-refractivity contribution >= 4 is 23.3 Å². The summed E-state index contributed by atoms with van der Waals surface area (Å²) in [5.41, 5.74) is 7.07. The van der Waals surface area contributed by atoms with Gasteiger partial charge in [0.05, 0.1) is 6.04 Å². The molecule has 1 aliphatic heterocycles. The summed E-state index contributed by atoms with van der Waals surface area (Å²) in [5, 5.41) is 3.88. The van der Waals surface area contributed by atoms with Gasteiger partial charge in [-0.3, -0.25) is 4.99 Å². The van der Waals surface area contributed by atoms with Crippen LogP contribution in [-0.4, -0.2) is 44.1 Å². The zero-order chi connectivity index (χ0) is 26.8. The van der Waals surface area contributed by atoms with Crippen LogP contribution in [-0.2, 0) is 4.79 Å². The Morgan fingerprint density at radius 3 is 2.57 bits per heavy atom. The molecule has 37 heavy (non-hydrogen) atoms. The van der Waals surface area contributed by atoms with Gasteiger partial charge in [0.25, 0.3) is 0 Å².